The molecule has 2 rings (SSSR count). The number of thiazole rings is 1. The Labute approximate surface area is 114 Å². The third kappa shape index (κ3) is 3.49. The first kappa shape index (κ1) is 12.9. The van der Waals surface area contributed by atoms with Crippen molar-refractivity contribution in [1.29, 1.82) is 0 Å². The van der Waals surface area contributed by atoms with Crippen molar-refractivity contribution >= 4 is 39.2 Å². The summed E-state index contributed by atoms with van der Waals surface area (Å²) >= 11 is 3.06. The number of thioether (sulfide) groups is 1. The number of nitrogens with zero attached hydrogens (tertiary/aromatic N) is 1. The molecule has 0 fully saturated rings. The van der Waals surface area contributed by atoms with Crippen molar-refractivity contribution in [1.82, 2.24) is 10.3 Å². The Kier molecular flexibility index (Phi) is 4.62. The van der Waals surface area contributed by atoms with Gasteiger partial charge in [0.05, 0.1) is 16.0 Å². The summed E-state index contributed by atoms with van der Waals surface area (Å²) in [6.45, 7) is 0.537. The molecule has 1 aromatic carbocycles. The van der Waals surface area contributed by atoms with Crippen LogP contribution in [0.2, 0.25) is 0 Å². The predicted molar refractivity (Wildman–Crippen MR) is 76.8 cm³/mol. The highest BCUT2D eigenvalue weighted by Gasteiger charge is 2.06. The molecule has 0 aliphatic carbocycles. The number of nitrogens with one attached hydrogen (secondary N) is 1. The molecule has 0 spiro atoms. The number of carbonyl (C=O) groups is 1. The van der Waals surface area contributed by atoms with Gasteiger partial charge < -0.3 is 5.32 Å². The molecule has 1 amide bonds. The molecule has 0 aliphatic rings. The smallest absolute Gasteiger partial charge is 0.230 e. The maximum absolute atomic E-state index is 11.5. The second kappa shape index (κ2) is 6.43. The average molecular weight is 276 g/mol. The standard InChI is InChI=1S/C13H12N2OS2/c1-2-3-8-14-12(16)9-17-13-15-10-6-4-5-7-11(10)18-13/h1,4-7H,3,8-9H2,(H,14,16). The Hall–Kier alpha value is -1.51. The maximum Gasteiger partial charge on any atom is 0.230 e. The van der Waals surface area contributed by atoms with Crippen molar-refractivity contribution in [3.05, 3.63) is 24.3 Å². The van der Waals surface area contributed by atoms with Gasteiger partial charge in [-0.05, 0) is 12.1 Å². The lowest BCUT2D eigenvalue weighted by atomic mass is 10.3. The Morgan fingerprint density at radius 1 is 1.50 bits per heavy atom. The Morgan fingerprint density at radius 3 is 3.11 bits per heavy atom. The first-order valence-corrected chi connectivity index (χ1v) is 7.28. The van der Waals surface area contributed by atoms with Gasteiger partial charge in [-0.2, -0.15) is 0 Å². The molecule has 0 unspecified atom stereocenters. The van der Waals surface area contributed by atoms with Gasteiger partial charge in [0.25, 0.3) is 0 Å². The van der Waals surface area contributed by atoms with Crippen LogP contribution in [0.5, 0.6) is 0 Å². The highest BCUT2D eigenvalue weighted by Crippen LogP contribution is 2.28. The molecule has 1 N–H and O–H groups in total. The summed E-state index contributed by atoms with van der Waals surface area (Å²) in [5, 5.41) is 2.76. The highest BCUT2D eigenvalue weighted by atomic mass is 32.2. The van der Waals surface area contributed by atoms with Gasteiger partial charge in [0.15, 0.2) is 4.34 Å². The van der Waals surface area contributed by atoms with Crippen LogP contribution in [0.25, 0.3) is 10.2 Å². The average Bonchev–Trinajstić information content (AvgIpc) is 2.79. The molecular weight excluding hydrogens is 264 g/mol. The summed E-state index contributed by atoms with van der Waals surface area (Å²) in [6, 6.07) is 7.96. The van der Waals surface area contributed by atoms with E-state index in [2.05, 4.69) is 16.2 Å². The number of amides is 1. The fraction of sp³-hybridized carbons (Fsp3) is 0.231. The molecular formula is C13H12N2OS2. The van der Waals surface area contributed by atoms with Crippen LogP contribution in [-0.2, 0) is 4.79 Å². The van der Waals surface area contributed by atoms with Crippen LogP contribution in [0.3, 0.4) is 0 Å². The maximum atomic E-state index is 11.5. The molecule has 0 aliphatic heterocycles. The van der Waals surface area contributed by atoms with Crippen LogP contribution in [0.15, 0.2) is 28.6 Å². The normalized spacial score (nSPS) is 10.2. The topological polar surface area (TPSA) is 42.0 Å². The number of para-hydroxylation sites is 1. The zero-order valence-electron chi connectivity index (χ0n) is 9.68. The number of rotatable bonds is 5. The summed E-state index contributed by atoms with van der Waals surface area (Å²) < 4.78 is 2.07. The zero-order valence-corrected chi connectivity index (χ0v) is 11.3. The first-order chi connectivity index (χ1) is 8.79. The molecule has 1 heterocycles. The van der Waals surface area contributed by atoms with E-state index in [9.17, 15) is 4.79 Å². The van der Waals surface area contributed by atoms with E-state index < -0.39 is 0 Å². The van der Waals surface area contributed by atoms with Crippen LogP contribution < -0.4 is 5.32 Å². The van der Waals surface area contributed by atoms with Gasteiger partial charge in [0.2, 0.25) is 5.91 Å². The number of benzene rings is 1. The Morgan fingerprint density at radius 2 is 2.33 bits per heavy atom. The fourth-order valence-electron chi connectivity index (χ4n) is 1.37. The van der Waals surface area contributed by atoms with Crippen molar-refractivity contribution < 1.29 is 4.79 Å². The van der Waals surface area contributed by atoms with Crippen molar-refractivity contribution in [2.24, 2.45) is 0 Å². The van der Waals surface area contributed by atoms with Gasteiger partial charge in [-0.3, -0.25) is 4.79 Å². The molecule has 0 saturated carbocycles. The molecule has 0 bridgehead atoms. The SMILES string of the molecule is C#CCCNC(=O)CSc1nc2ccccc2s1. The number of terminal acetylenes is 1. The van der Waals surface area contributed by atoms with E-state index in [0.717, 1.165) is 14.6 Å². The van der Waals surface area contributed by atoms with Crippen molar-refractivity contribution in [3.8, 4) is 12.3 Å². The van der Waals surface area contributed by atoms with Crippen molar-refractivity contribution in [2.75, 3.05) is 12.3 Å². The van der Waals surface area contributed by atoms with Gasteiger partial charge in [-0.15, -0.1) is 23.7 Å². The largest absolute Gasteiger partial charge is 0.354 e. The summed E-state index contributed by atoms with van der Waals surface area (Å²) in [6.07, 6.45) is 5.67. The van der Waals surface area contributed by atoms with Crippen LogP contribution in [-0.4, -0.2) is 23.2 Å². The monoisotopic (exact) mass is 276 g/mol. The van der Waals surface area contributed by atoms with E-state index in [1.54, 1.807) is 11.3 Å². The van der Waals surface area contributed by atoms with Crippen LogP contribution >= 0.6 is 23.1 Å². The summed E-state index contributed by atoms with van der Waals surface area (Å²) in [5.41, 5.74) is 0.984. The lowest BCUT2D eigenvalue weighted by Crippen LogP contribution is -2.25. The molecule has 92 valence electrons. The van der Waals surface area contributed by atoms with Crippen LogP contribution in [0.4, 0.5) is 0 Å². The number of fused-ring (bicyclic) bond motifs is 1. The third-order valence-electron chi connectivity index (χ3n) is 2.19. The fourth-order valence-corrected chi connectivity index (χ4v) is 3.26. The molecule has 0 radical (unpaired) electrons. The lowest BCUT2D eigenvalue weighted by molar-refractivity contribution is -0.118. The highest BCUT2D eigenvalue weighted by molar-refractivity contribution is 8.01. The predicted octanol–water partition coefficient (Wildman–Crippen LogP) is 2.53. The third-order valence-corrected chi connectivity index (χ3v) is 4.37. The minimum atomic E-state index is -0.00509. The van der Waals surface area contributed by atoms with Crippen molar-refractivity contribution in [2.45, 2.75) is 10.8 Å². The van der Waals surface area contributed by atoms with Gasteiger partial charge in [0, 0.05) is 13.0 Å². The second-order valence-electron chi connectivity index (χ2n) is 3.54. The summed E-state index contributed by atoms with van der Waals surface area (Å²) in [4.78, 5) is 15.9. The van der Waals surface area contributed by atoms with Crippen LogP contribution in [0, 0.1) is 12.3 Å². The molecule has 0 atom stereocenters. The number of carbonyl (C=O) groups excluding carboxylic acids is 1. The minimum absolute atomic E-state index is 0.00509. The molecule has 1 aromatic heterocycles. The van der Waals surface area contributed by atoms with Gasteiger partial charge >= 0.3 is 0 Å². The molecule has 5 heteroatoms. The quantitative estimate of drug-likeness (QED) is 0.518. The van der Waals surface area contributed by atoms with E-state index in [4.69, 9.17) is 6.42 Å². The van der Waals surface area contributed by atoms with Gasteiger partial charge in [0.1, 0.15) is 0 Å². The number of hydrogen-bond donors (Lipinski definition) is 1. The Balaban J connectivity index is 1.86. The lowest BCUT2D eigenvalue weighted by Gasteiger charge is -2.00. The van der Waals surface area contributed by atoms with E-state index in [0.29, 0.717) is 18.7 Å². The summed E-state index contributed by atoms with van der Waals surface area (Å²) in [7, 11) is 0. The van der Waals surface area contributed by atoms with Gasteiger partial charge in [-0.25, -0.2) is 4.98 Å². The number of aromatic nitrogens is 1. The van der Waals surface area contributed by atoms with E-state index in [1.807, 2.05) is 24.3 Å². The first-order valence-electron chi connectivity index (χ1n) is 5.48. The second-order valence-corrected chi connectivity index (χ2v) is 5.79. The summed E-state index contributed by atoms with van der Waals surface area (Å²) in [5.74, 6) is 2.86. The molecule has 0 saturated heterocycles. The molecule has 2 aromatic rings. The van der Waals surface area contributed by atoms with Crippen molar-refractivity contribution in [3.63, 3.8) is 0 Å². The zero-order chi connectivity index (χ0) is 12.8. The molecule has 3 nitrogen and oxygen atoms in total. The van der Waals surface area contributed by atoms with Gasteiger partial charge in [-0.1, -0.05) is 23.9 Å². The minimum Gasteiger partial charge on any atom is -0.354 e. The van der Waals surface area contributed by atoms with E-state index in [-0.39, 0.29) is 5.91 Å². The molecule has 18 heavy (non-hydrogen) atoms. The van der Waals surface area contributed by atoms with E-state index >= 15 is 0 Å². The Bertz CT molecular complexity index is 553. The van der Waals surface area contributed by atoms with Crippen LogP contribution in [0.1, 0.15) is 6.42 Å². The number of hydrogen-bond acceptors (Lipinski definition) is 4. The van der Waals surface area contributed by atoms with E-state index in [1.165, 1.54) is 11.8 Å².